The molecule has 0 aliphatic carbocycles. The van der Waals surface area contributed by atoms with Crippen LogP contribution in [-0.4, -0.2) is 33.7 Å². The van der Waals surface area contributed by atoms with Gasteiger partial charge < -0.3 is 25.7 Å². The van der Waals surface area contributed by atoms with E-state index >= 15 is 0 Å². The molecule has 94 valence electrons. The van der Waals surface area contributed by atoms with Gasteiger partial charge in [0.2, 0.25) is 6.54 Å². The zero-order valence-electron chi connectivity index (χ0n) is 10.4. The van der Waals surface area contributed by atoms with Crippen LogP contribution in [0.4, 0.5) is 0 Å². The molecule has 0 unspecified atom stereocenters. The van der Waals surface area contributed by atoms with Crippen molar-refractivity contribution in [3.05, 3.63) is 17.3 Å². The van der Waals surface area contributed by atoms with E-state index in [1.54, 1.807) is 0 Å². The molecule has 0 amide bonds. The SMILES string of the molecule is C[C-](C)C.[C-]#[N+]CCCNC.[CH-]=O.[CH-]=O.[Ru+4]. The molecule has 0 aromatic carbocycles. The molecule has 0 aromatic rings. The van der Waals surface area contributed by atoms with Crippen molar-refractivity contribution >= 4 is 13.6 Å². The van der Waals surface area contributed by atoms with E-state index in [-0.39, 0.29) is 19.5 Å². The Bertz CT molecular complexity index is 123. The fourth-order valence-electron chi connectivity index (χ4n) is 0.335. The van der Waals surface area contributed by atoms with E-state index in [2.05, 4.69) is 44.5 Å². The van der Waals surface area contributed by atoms with Crippen molar-refractivity contribution in [2.24, 2.45) is 0 Å². The summed E-state index contributed by atoms with van der Waals surface area (Å²) < 4.78 is 0. The quantitative estimate of drug-likeness (QED) is 0.372. The summed E-state index contributed by atoms with van der Waals surface area (Å²) in [6, 6.07) is 0. The fraction of sp³-hybridized carbons (Fsp3) is 0.636. The normalized spacial score (nSPS) is 6.25. The monoisotopic (exact) mass is 315 g/mol. The number of carbonyl (C=O) groups excluding carboxylic acids is 2. The predicted molar refractivity (Wildman–Crippen MR) is 63.8 cm³/mol. The maximum atomic E-state index is 7.75. The molecule has 0 aliphatic rings. The predicted octanol–water partition coefficient (Wildman–Crippen LogP) is 1.59. The molecule has 0 bridgehead atoms. The molecule has 1 N–H and O–H groups in total. The van der Waals surface area contributed by atoms with Crippen molar-refractivity contribution in [1.82, 2.24) is 5.32 Å². The molecule has 0 atom stereocenters. The standard InChI is InChI=1S/C5H10N2.C4H9.2CHO.Ru/c1-6-4-3-5-7-2;1-4(2)3;2*1-2;/h6H,3-5H2,1H3;1-3H3;2*1H;/q;3*-1;+4. The number of hydrogen-bond acceptors (Lipinski definition) is 3. The molecule has 0 aromatic heterocycles. The van der Waals surface area contributed by atoms with E-state index in [0.717, 1.165) is 13.0 Å². The fourth-order valence-corrected chi connectivity index (χ4v) is 0.335. The zero-order valence-corrected chi connectivity index (χ0v) is 12.1. The smallest absolute Gasteiger partial charge is 0.545 e. The molecule has 0 rings (SSSR count). The maximum absolute atomic E-state index is 7.75. The van der Waals surface area contributed by atoms with Gasteiger partial charge in [0.05, 0.1) is 0 Å². The molecule has 0 radical (unpaired) electrons. The van der Waals surface area contributed by atoms with Crippen LogP contribution in [0.3, 0.4) is 0 Å². The molecule has 0 spiro atoms. The van der Waals surface area contributed by atoms with Crippen molar-refractivity contribution in [2.75, 3.05) is 20.1 Å². The van der Waals surface area contributed by atoms with Gasteiger partial charge in [-0.3, -0.25) is 13.6 Å². The summed E-state index contributed by atoms with van der Waals surface area (Å²) in [5.41, 5.74) is 0. The number of nitrogens with zero attached hydrogens (tertiary/aromatic N) is 1. The molecule has 0 fully saturated rings. The first-order valence-electron chi connectivity index (χ1n) is 4.36. The molecule has 4 nitrogen and oxygen atoms in total. The van der Waals surface area contributed by atoms with Gasteiger partial charge >= 0.3 is 19.5 Å². The summed E-state index contributed by atoms with van der Waals surface area (Å²) in [4.78, 5) is 18.7. The number of rotatable bonds is 3. The van der Waals surface area contributed by atoms with Crippen LogP contribution < -0.4 is 5.32 Å². The van der Waals surface area contributed by atoms with Crippen molar-refractivity contribution in [3.63, 3.8) is 0 Å². The van der Waals surface area contributed by atoms with E-state index < -0.39 is 0 Å². The van der Waals surface area contributed by atoms with Gasteiger partial charge in [0.25, 0.3) is 0 Å². The Balaban J connectivity index is -0.0000000388. The minimum Gasteiger partial charge on any atom is -0.545 e. The zero-order chi connectivity index (χ0) is 13.1. The van der Waals surface area contributed by atoms with E-state index in [4.69, 9.17) is 16.2 Å². The summed E-state index contributed by atoms with van der Waals surface area (Å²) in [5, 5.41) is 2.96. The Labute approximate surface area is 113 Å². The van der Waals surface area contributed by atoms with Crippen LogP contribution in [0, 0.1) is 12.5 Å². The van der Waals surface area contributed by atoms with Gasteiger partial charge in [-0.1, -0.05) is 0 Å². The Morgan fingerprint density at radius 1 is 1.19 bits per heavy atom. The van der Waals surface area contributed by atoms with Crippen LogP contribution in [0.25, 0.3) is 4.85 Å². The third-order valence-electron chi connectivity index (χ3n) is 0.697. The number of nitrogens with one attached hydrogen (secondary N) is 1. The van der Waals surface area contributed by atoms with Gasteiger partial charge in [-0.2, -0.15) is 20.8 Å². The van der Waals surface area contributed by atoms with E-state index in [1.165, 1.54) is 5.92 Å². The third-order valence-corrected chi connectivity index (χ3v) is 0.697. The second-order valence-corrected chi connectivity index (χ2v) is 2.84. The summed E-state index contributed by atoms with van der Waals surface area (Å²) in [6.45, 7) is 20.7. The van der Waals surface area contributed by atoms with Crippen molar-refractivity contribution in [1.29, 1.82) is 0 Å². The van der Waals surface area contributed by atoms with Gasteiger partial charge in [-0.25, -0.2) is 6.57 Å². The van der Waals surface area contributed by atoms with Crippen molar-refractivity contribution < 1.29 is 29.1 Å². The first kappa shape index (κ1) is 29.5. The second kappa shape index (κ2) is 47.2. The Hall–Kier alpha value is -0.587. The first-order valence-corrected chi connectivity index (χ1v) is 4.36. The Kier molecular flexibility index (Phi) is 87.1. The average Bonchev–Trinajstić information content (AvgIpc) is 2.24. The minimum absolute atomic E-state index is 0. The summed E-state index contributed by atoms with van der Waals surface area (Å²) in [5.74, 6) is 1.42. The number of hydrogen-bond donors (Lipinski definition) is 1. The Morgan fingerprint density at radius 3 is 1.69 bits per heavy atom. The van der Waals surface area contributed by atoms with Crippen molar-refractivity contribution in [2.45, 2.75) is 27.2 Å². The average molecular weight is 314 g/mol. The van der Waals surface area contributed by atoms with Crippen LogP contribution in [0.1, 0.15) is 27.2 Å². The third kappa shape index (κ3) is 177. The molecular weight excluding hydrogens is 293 g/mol. The van der Waals surface area contributed by atoms with Gasteiger partial charge in [0.15, 0.2) is 0 Å². The summed E-state index contributed by atoms with van der Waals surface area (Å²) >= 11 is 0. The topological polar surface area (TPSA) is 50.5 Å². The summed E-state index contributed by atoms with van der Waals surface area (Å²) in [6.07, 6.45) is 0.972. The second-order valence-electron chi connectivity index (χ2n) is 2.84. The van der Waals surface area contributed by atoms with E-state index in [1.807, 2.05) is 7.05 Å². The largest absolute Gasteiger partial charge is 4.00 e. The maximum Gasteiger partial charge on any atom is 4.00 e. The molecule has 5 heteroatoms. The van der Waals surface area contributed by atoms with E-state index in [0.29, 0.717) is 6.54 Å². The van der Waals surface area contributed by atoms with Crippen LogP contribution in [0.2, 0.25) is 0 Å². The first-order chi connectivity index (χ1) is 7.15. The molecule has 16 heavy (non-hydrogen) atoms. The van der Waals surface area contributed by atoms with Crippen LogP contribution in [0.5, 0.6) is 0 Å². The molecular formula is C11H21N2O2Ru+. The van der Waals surface area contributed by atoms with Gasteiger partial charge in [0, 0.05) is 13.0 Å². The molecule has 0 saturated heterocycles. The van der Waals surface area contributed by atoms with E-state index in [9.17, 15) is 0 Å². The van der Waals surface area contributed by atoms with Crippen LogP contribution in [0.15, 0.2) is 0 Å². The molecule has 0 aliphatic heterocycles. The van der Waals surface area contributed by atoms with Gasteiger partial charge in [-0.05, 0) is 7.05 Å². The van der Waals surface area contributed by atoms with Gasteiger partial charge in [0.1, 0.15) is 0 Å². The summed E-state index contributed by atoms with van der Waals surface area (Å²) in [7, 11) is 1.89. The minimum atomic E-state index is 0. The molecule has 0 heterocycles. The van der Waals surface area contributed by atoms with Crippen LogP contribution >= 0.6 is 0 Å². The van der Waals surface area contributed by atoms with Crippen molar-refractivity contribution in [3.8, 4) is 0 Å². The molecule has 0 saturated carbocycles. The Morgan fingerprint density at radius 2 is 1.50 bits per heavy atom. The van der Waals surface area contributed by atoms with Crippen LogP contribution in [-0.2, 0) is 29.1 Å². The van der Waals surface area contributed by atoms with Gasteiger partial charge in [-0.15, -0.1) is 0 Å².